The van der Waals surface area contributed by atoms with Gasteiger partial charge in [-0.15, -0.1) is 0 Å². The minimum absolute atomic E-state index is 0.101. The molecule has 0 radical (unpaired) electrons. The van der Waals surface area contributed by atoms with Gasteiger partial charge in [0, 0.05) is 19.3 Å². The van der Waals surface area contributed by atoms with Crippen LogP contribution in [0.5, 0.6) is 0 Å². The Morgan fingerprint density at radius 3 is 0.805 bits per heavy atom. The van der Waals surface area contributed by atoms with Gasteiger partial charge in [-0.2, -0.15) is 0 Å². The fraction of sp³-hybridized carbons (Fsp3) is 0.648. The zero-order valence-electron chi connectivity index (χ0n) is 49.9. The summed E-state index contributed by atoms with van der Waals surface area (Å²) < 4.78 is 16.9. The van der Waals surface area contributed by atoms with E-state index in [0.717, 1.165) is 148 Å². The van der Waals surface area contributed by atoms with Crippen LogP contribution in [-0.2, 0) is 28.6 Å². The molecule has 0 aromatic rings. The van der Waals surface area contributed by atoms with Gasteiger partial charge in [-0.25, -0.2) is 0 Å². The fourth-order valence-corrected chi connectivity index (χ4v) is 8.43. The van der Waals surface area contributed by atoms with Gasteiger partial charge in [0.25, 0.3) is 0 Å². The average molecular weight is 1070 g/mol. The van der Waals surface area contributed by atoms with Crippen LogP contribution in [0.2, 0.25) is 0 Å². The second kappa shape index (κ2) is 64.1. The van der Waals surface area contributed by atoms with Gasteiger partial charge >= 0.3 is 17.9 Å². The fourth-order valence-electron chi connectivity index (χ4n) is 8.43. The highest BCUT2D eigenvalue weighted by molar-refractivity contribution is 5.71. The Bertz CT molecular complexity index is 1650. The lowest BCUT2D eigenvalue weighted by Crippen LogP contribution is -2.30. The Hall–Kier alpha value is -4.45. The molecule has 77 heavy (non-hydrogen) atoms. The third-order valence-electron chi connectivity index (χ3n) is 13.1. The molecule has 6 heteroatoms. The van der Waals surface area contributed by atoms with Crippen LogP contribution in [-0.4, -0.2) is 37.2 Å². The van der Waals surface area contributed by atoms with E-state index in [9.17, 15) is 14.4 Å². The van der Waals surface area contributed by atoms with Gasteiger partial charge in [0.05, 0.1) is 0 Å². The van der Waals surface area contributed by atoms with Gasteiger partial charge in [-0.05, 0) is 135 Å². The molecule has 0 fully saturated rings. The van der Waals surface area contributed by atoms with E-state index in [2.05, 4.69) is 154 Å². The minimum Gasteiger partial charge on any atom is -0.462 e. The van der Waals surface area contributed by atoms with Crippen LogP contribution in [0, 0.1) is 0 Å². The second-order valence-corrected chi connectivity index (χ2v) is 20.5. The Morgan fingerprint density at radius 1 is 0.273 bits per heavy atom. The molecule has 0 aliphatic carbocycles. The van der Waals surface area contributed by atoms with E-state index in [0.29, 0.717) is 19.3 Å². The molecule has 0 aliphatic heterocycles. The topological polar surface area (TPSA) is 78.9 Å². The SMILES string of the molecule is CC/C=C\C/C=C\C/C=C\C/C=C\C/C=C\CCCCCCCC(=O)OC(COC(=O)CCCCC/C=C\C/C=C\C/C=C\CC)COC(=O)CCCCCCCCCCCC/C=C\C/C=C\C/C=C\CCCCCCC. The van der Waals surface area contributed by atoms with Crippen molar-refractivity contribution < 1.29 is 28.6 Å². The Labute approximate surface area is 475 Å². The molecule has 436 valence electrons. The summed E-state index contributed by atoms with van der Waals surface area (Å²) in [7, 11) is 0. The number of ether oxygens (including phenoxy) is 3. The molecule has 0 heterocycles. The maximum absolute atomic E-state index is 12.9. The van der Waals surface area contributed by atoms with Crippen molar-refractivity contribution in [3.63, 3.8) is 0 Å². The largest absolute Gasteiger partial charge is 0.462 e. The normalized spacial score (nSPS) is 13.0. The van der Waals surface area contributed by atoms with Crippen molar-refractivity contribution in [2.24, 2.45) is 0 Å². The maximum Gasteiger partial charge on any atom is 0.306 e. The molecule has 0 aromatic heterocycles. The quantitative estimate of drug-likeness (QED) is 0.0261. The zero-order chi connectivity index (χ0) is 55.7. The summed E-state index contributed by atoms with van der Waals surface area (Å²) in [6.45, 7) is 6.36. The van der Waals surface area contributed by atoms with Gasteiger partial charge < -0.3 is 14.2 Å². The molecular weight excluding hydrogens is 949 g/mol. The first-order valence-electron chi connectivity index (χ1n) is 31.7. The summed E-state index contributed by atoms with van der Waals surface area (Å²) in [5.41, 5.74) is 0. The zero-order valence-corrected chi connectivity index (χ0v) is 49.9. The van der Waals surface area contributed by atoms with E-state index < -0.39 is 6.10 Å². The predicted octanol–water partition coefficient (Wildman–Crippen LogP) is 21.8. The van der Waals surface area contributed by atoms with E-state index >= 15 is 0 Å². The molecule has 6 nitrogen and oxygen atoms in total. The van der Waals surface area contributed by atoms with Crippen molar-refractivity contribution in [2.75, 3.05) is 13.2 Å². The van der Waals surface area contributed by atoms with Gasteiger partial charge in [0.1, 0.15) is 13.2 Å². The van der Waals surface area contributed by atoms with Crippen LogP contribution in [0.1, 0.15) is 278 Å². The van der Waals surface area contributed by atoms with Crippen LogP contribution < -0.4 is 0 Å². The monoisotopic (exact) mass is 1060 g/mol. The Balaban J connectivity index is 4.41. The van der Waals surface area contributed by atoms with Gasteiger partial charge in [0.2, 0.25) is 0 Å². The number of unbranched alkanes of at least 4 members (excludes halogenated alkanes) is 23. The highest BCUT2D eigenvalue weighted by atomic mass is 16.6. The maximum atomic E-state index is 12.9. The van der Waals surface area contributed by atoms with Crippen LogP contribution in [0.4, 0.5) is 0 Å². The Kier molecular flexibility index (Phi) is 60.4. The van der Waals surface area contributed by atoms with E-state index in [-0.39, 0.29) is 31.1 Å². The molecule has 0 rings (SSSR count). The van der Waals surface area contributed by atoms with E-state index in [1.807, 2.05) is 0 Å². The van der Waals surface area contributed by atoms with E-state index in [4.69, 9.17) is 14.2 Å². The molecule has 0 amide bonds. The molecule has 0 N–H and O–H groups in total. The summed E-state index contributed by atoms with van der Waals surface area (Å²) in [6.07, 6.45) is 90.3. The molecule has 1 atom stereocenters. The smallest absolute Gasteiger partial charge is 0.306 e. The van der Waals surface area contributed by atoms with Crippen LogP contribution in [0.3, 0.4) is 0 Å². The van der Waals surface area contributed by atoms with Crippen molar-refractivity contribution in [1.82, 2.24) is 0 Å². The molecule has 0 aliphatic rings. The highest BCUT2D eigenvalue weighted by Gasteiger charge is 2.19. The number of hydrogen-bond donors (Lipinski definition) is 0. The molecule has 1 unspecified atom stereocenters. The first-order chi connectivity index (χ1) is 38.0. The lowest BCUT2D eigenvalue weighted by atomic mass is 10.1. The van der Waals surface area contributed by atoms with E-state index in [1.54, 1.807) is 0 Å². The standard InChI is InChI=1S/C71H116O6/c1-4-7-10-13-16-19-22-25-27-29-31-33-34-35-36-38-39-41-43-46-49-52-55-58-61-64-70(73)76-67-68(66-75-69(72)63-60-57-54-51-48-45-24-21-18-15-12-9-6-3)77-71(74)65-62-59-56-53-50-47-44-42-40-37-32-30-28-26-23-20-17-14-11-8-5-2/h8-9,11-12,17-18,20-22,25-26,28-29,31-32,34-35,37,42,44-45,48,68H,4-7,10,13-16,19,23-24,27,30,33,36,38-41,43,46-47,49-67H2,1-3H3/b11-8-,12-9-,20-17-,21-18-,25-22-,28-26-,31-29-,35-34-,37-32-,44-42-,48-45-. The summed E-state index contributed by atoms with van der Waals surface area (Å²) in [6, 6.07) is 0. The average Bonchev–Trinajstić information content (AvgIpc) is 3.43. The molecule has 0 saturated heterocycles. The molecule has 0 aromatic carbocycles. The summed E-state index contributed by atoms with van der Waals surface area (Å²) >= 11 is 0. The second-order valence-electron chi connectivity index (χ2n) is 20.5. The van der Waals surface area contributed by atoms with Crippen molar-refractivity contribution in [2.45, 2.75) is 284 Å². The summed E-state index contributed by atoms with van der Waals surface area (Å²) in [4.78, 5) is 38.3. The number of carbonyl (C=O) groups excluding carboxylic acids is 3. The van der Waals surface area contributed by atoms with Crippen LogP contribution >= 0.6 is 0 Å². The number of allylic oxidation sites excluding steroid dienone is 22. The number of rotatable bonds is 56. The van der Waals surface area contributed by atoms with Crippen molar-refractivity contribution in [3.8, 4) is 0 Å². The summed E-state index contributed by atoms with van der Waals surface area (Å²) in [5.74, 6) is -0.954. The van der Waals surface area contributed by atoms with E-state index in [1.165, 1.54) is 89.9 Å². The van der Waals surface area contributed by atoms with Gasteiger partial charge in [-0.3, -0.25) is 14.4 Å². The van der Waals surface area contributed by atoms with Crippen molar-refractivity contribution in [3.05, 3.63) is 134 Å². The Morgan fingerprint density at radius 2 is 0.506 bits per heavy atom. The number of esters is 3. The third-order valence-corrected chi connectivity index (χ3v) is 13.1. The summed E-state index contributed by atoms with van der Waals surface area (Å²) in [5, 5.41) is 0. The molecule has 0 spiro atoms. The lowest BCUT2D eigenvalue weighted by molar-refractivity contribution is -0.167. The first kappa shape index (κ1) is 72.5. The number of hydrogen-bond acceptors (Lipinski definition) is 6. The predicted molar refractivity (Wildman–Crippen MR) is 334 cm³/mol. The van der Waals surface area contributed by atoms with Crippen molar-refractivity contribution >= 4 is 17.9 Å². The lowest BCUT2D eigenvalue weighted by Gasteiger charge is -2.18. The van der Waals surface area contributed by atoms with Crippen LogP contribution in [0.15, 0.2) is 134 Å². The van der Waals surface area contributed by atoms with Gasteiger partial charge in [-0.1, -0.05) is 257 Å². The van der Waals surface area contributed by atoms with Crippen molar-refractivity contribution in [1.29, 1.82) is 0 Å². The third kappa shape index (κ3) is 62.3. The number of carbonyl (C=O) groups is 3. The highest BCUT2D eigenvalue weighted by Crippen LogP contribution is 2.15. The first-order valence-corrected chi connectivity index (χ1v) is 31.7. The van der Waals surface area contributed by atoms with Gasteiger partial charge in [0.15, 0.2) is 6.10 Å². The minimum atomic E-state index is -0.809. The van der Waals surface area contributed by atoms with Crippen LogP contribution in [0.25, 0.3) is 0 Å². The molecule has 0 bridgehead atoms. The molecular formula is C71H116O6. The molecule has 0 saturated carbocycles.